The van der Waals surface area contributed by atoms with E-state index in [1.165, 1.54) is 37.7 Å². The third-order valence-corrected chi connectivity index (χ3v) is 4.49. The van der Waals surface area contributed by atoms with Crippen LogP contribution in [0, 0.1) is 5.92 Å². The van der Waals surface area contributed by atoms with E-state index in [4.69, 9.17) is 0 Å². The Morgan fingerprint density at radius 1 is 1.16 bits per heavy atom. The zero-order chi connectivity index (χ0) is 13.6. The van der Waals surface area contributed by atoms with E-state index in [1.54, 1.807) is 0 Å². The lowest BCUT2D eigenvalue weighted by atomic mass is 9.83. The summed E-state index contributed by atoms with van der Waals surface area (Å²) >= 11 is 0. The van der Waals surface area contributed by atoms with Crippen molar-refractivity contribution in [1.82, 2.24) is 5.32 Å². The minimum absolute atomic E-state index is 0.171. The summed E-state index contributed by atoms with van der Waals surface area (Å²) in [6.45, 7) is 4.28. The van der Waals surface area contributed by atoms with Gasteiger partial charge in [0.05, 0.1) is 6.61 Å². The Hall–Kier alpha value is -0.860. The molecule has 0 aromatic heterocycles. The van der Waals surface area contributed by atoms with E-state index in [9.17, 15) is 5.11 Å². The second kappa shape index (κ2) is 7.06. The number of rotatable bonds is 6. The minimum atomic E-state index is -0.171. The van der Waals surface area contributed by atoms with Gasteiger partial charge in [0.2, 0.25) is 0 Å². The molecule has 1 aromatic rings. The highest BCUT2D eigenvalue weighted by atomic mass is 16.3. The van der Waals surface area contributed by atoms with Gasteiger partial charge < -0.3 is 10.4 Å². The molecule has 2 heteroatoms. The van der Waals surface area contributed by atoms with E-state index in [0.717, 1.165) is 19.0 Å². The molecule has 1 aromatic carbocycles. The predicted molar refractivity (Wildman–Crippen MR) is 80.3 cm³/mol. The number of benzene rings is 1. The van der Waals surface area contributed by atoms with Crippen LogP contribution in [-0.4, -0.2) is 24.8 Å². The minimum Gasteiger partial charge on any atom is -0.395 e. The van der Waals surface area contributed by atoms with Crippen molar-refractivity contribution in [3.05, 3.63) is 35.9 Å². The molecule has 106 valence electrons. The first-order valence-corrected chi connectivity index (χ1v) is 7.62. The largest absolute Gasteiger partial charge is 0.395 e. The molecule has 0 radical (unpaired) electrons. The van der Waals surface area contributed by atoms with Crippen LogP contribution in [0.3, 0.4) is 0 Å². The van der Waals surface area contributed by atoms with Gasteiger partial charge in [-0.3, -0.25) is 0 Å². The highest BCUT2D eigenvalue weighted by Crippen LogP contribution is 2.24. The molecular weight excluding hydrogens is 234 g/mol. The second-order valence-electron chi connectivity index (χ2n) is 6.22. The Balaban J connectivity index is 1.85. The zero-order valence-corrected chi connectivity index (χ0v) is 12.1. The van der Waals surface area contributed by atoms with Crippen molar-refractivity contribution >= 4 is 0 Å². The summed E-state index contributed by atoms with van der Waals surface area (Å²) in [5, 5.41) is 13.3. The van der Waals surface area contributed by atoms with Gasteiger partial charge in [-0.05, 0) is 30.9 Å². The van der Waals surface area contributed by atoms with Crippen LogP contribution in [0.15, 0.2) is 30.3 Å². The van der Waals surface area contributed by atoms with Gasteiger partial charge in [-0.2, -0.15) is 0 Å². The van der Waals surface area contributed by atoms with Crippen molar-refractivity contribution in [2.75, 3.05) is 19.7 Å². The van der Waals surface area contributed by atoms with Crippen LogP contribution in [0.4, 0.5) is 0 Å². The summed E-state index contributed by atoms with van der Waals surface area (Å²) < 4.78 is 0. The Morgan fingerprint density at radius 2 is 1.84 bits per heavy atom. The topological polar surface area (TPSA) is 32.3 Å². The lowest BCUT2D eigenvalue weighted by molar-refractivity contribution is 0.198. The lowest BCUT2D eigenvalue weighted by Gasteiger charge is -2.30. The number of hydrogen-bond donors (Lipinski definition) is 2. The summed E-state index contributed by atoms with van der Waals surface area (Å²) in [5.74, 6) is 0.840. The van der Waals surface area contributed by atoms with Crippen LogP contribution in [0.1, 0.15) is 44.6 Å². The number of nitrogens with one attached hydrogen (secondary N) is 1. The van der Waals surface area contributed by atoms with Crippen LogP contribution in [0.5, 0.6) is 0 Å². The number of aliphatic hydroxyl groups excluding tert-OH is 1. The quantitative estimate of drug-likeness (QED) is 0.824. The van der Waals surface area contributed by atoms with Crippen molar-refractivity contribution < 1.29 is 5.11 Å². The first kappa shape index (κ1) is 14.5. The number of hydrogen-bond acceptors (Lipinski definition) is 2. The molecule has 2 rings (SSSR count). The molecule has 0 heterocycles. The monoisotopic (exact) mass is 261 g/mol. The van der Waals surface area contributed by atoms with Gasteiger partial charge in [0, 0.05) is 12.0 Å². The molecule has 0 spiro atoms. The smallest absolute Gasteiger partial charge is 0.0537 e. The average Bonchev–Trinajstić information content (AvgIpc) is 2.49. The molecule has 1 fully saturated rings. The lowest BCUT2D eigenvalue weighted by Crippen LogP contribution is -2.40. The highest BCUT2D eigenvalue weighted by Gasteiger charge is 2.25. The maximum atomic E-state index is 9.74. The Morgan fingerprint density at radius 3 is 2.47 bits per heavy atom. The van der Waals surface area contributed by atoms with Gasteiger partial charge in [0.1, 0.15) is 0 Å². The molecule has 19 heavy (non-hydrogen) atoms. The molecule has 1 unspecified atom stereocenters. The van der Waals surface area contributed by atoms with Crippen LogP contribution in [0.25, 0.3) is 0 Å². The fourth-order valence-corrected chi connectivity index (χ4v) is 3.03. The number of aliphatic hydroxyl groups is 1. The summed E-state index contributed by atoms with van der Waals surface area (Å²) in [7, 11) is 0. The van der Waals surface area contributed by atoms with Crippen molar-refractivity contribution in [3.63, 3.8) is 0 Å². The summed E-state index contributed by atoms with van der Waals surface area (Å²) in [4.78, 5) is 0. The van der Waals surface area contributed by atoms with E-state index in [1.807, 2.05) is 18.2 Å². The maximum absolute atomic E-state index is 9.74. The van der Waals surface area contributed by atoms with Crippen molar-refractivity contribution in [2.24, 2.45) is 5.92 Å². The fourth-order valence-electron chi connectivity index (χ4n) is 3.03. The third kappa shape index (κ3) is 4.05. The van der Waals surface area contributed by atoms with Gasteiger partial charge >= 0.3 is 0 Å². The zero-order valence-electron chi connectivity index (χ0n) is 12.1. The first-order valence-electron chi connectivity index (χ1n) is 7.62. The van der Waals surface area contributed by atoms with Gasteiger partial charge in [0.15, 0.2) is 0 Å². The Kier molecular flexibility index (Phi) is 5.41. The SMILES string of the molecule is CC(CO)(CNCC1CCCCC1)c1ccccc1. The summed E-state index contributed by atoms with van der Waals surface area (Å²) in [6.07, 6.45) is 6.93. The normalized spacial score (nSPS) is 20.1. The molecule has 2 nitrogen and oxygen atoms in total. The molecule has 0 amide bonds. The third-order valence-electron chi connectivity index (χ3n) is 4.49. The Bertz CT molecular complexity index is 359. The van der Waals surface area contributed by atoms with Crippen molar-refractivity contribution in [2.45, 2.75) is 44.4 Å². The Labute approximate surface area is 117 Å². The van der Waals surface area contributed by atoms with E-state index < -0.39 is 0 Å². The van der Waals surface area contributed by atoms with Crippen LogP contribution in [-0.2, 0) is 5.41 Å². The van der Waals surface area contributed by atoms with Gasteiger partial charge in [-0.25, -0.2) is 0 Å². The molecule has 0 saturated heterocycles. The molecular formula is C17H27NO. The molecule has 0 bridgehead atoms. The molecule has 1 saturated carbocycles. The van der Waals surface area contributed by atoms with Crippen LogP contribution in [0.2, 0.25) is 0 Å². The van der Waals surface area contributed by atoms with E-state index in [-0.39, 0.29) is 12.0 Å². The van der Waals surface area contributed by atoms with Gasteiger partial charge in [0.25, 0.3) is 0 Å². The van der Waals surface area contributed by atoms with Crippen molar-refractivity contribution in [1.29, 1.82) is 0 Å². The van der Waals surface area contributed by atoms with Crippen LogP contribution >= 0.6 is 0 Å². The molecule has 1 atom stereocenters. The molecule has 1 aliphatic rings. The average molecular weight is 261 g/mol. The van der Waals surface area contributed by atoms with E-state index >= 15 is 0 Å². The molecule has 2 N–H and O–H groups in total. The highest BCUT2D eigenvalue weighted by molar-refractivity contribution is 5.25. The molecule has 0 aliphatic heterocycles. The van der Waals surface area contributed by atoms with Gasteiger partial charge in [-0.15, -0.1) is 0 Å². The standard InChI is InChI=1S/C17H27NO/c1-17(14-19,16-10-6-3-7-11-16)13-18-12-15-8-4-2-5-9-15/h3,6-7,10-11,15,18-19H,2,4-5,8-9,12-14H2,1H3. The van der Waals surface area contributed by atoms with E-state index in [0.29, 0.717) is 0 Å². The predicted octanol–water partition coefficient (Wildman–Crippen LogP) is 3.11. The first-order chi connectivity index (χ1) is 9.24. The second-order valence-corrected chi connectivity index (χ2v) is 6.22. The fraction of sp³-hybridized carbons (Fsp3) is 0.647. The molecule has 1 aliphatic carbocycles. The summed E-state index contributed by atoms with van der Waals surface area (Å²) in [6, 6.07) is 10.3. The maximum Gasteiger partial charge on any atom is 0.0537 e. The van der Waals surface area contributed by atoms with Crippen molar-refractivity contribution in [3.8, 4) is 0 Å². The van der Waals surface area contributed by atoms with Gasteiger partial charge in [-0.1, -0.05) is 56.5 Å². The van der Waals surface area contributed by atoms with E-state index in [2.05, 4.69) is 24.4 Å². The van der Waals surface area contributed by atoms with Crippen LogP contribution < -0.4 is 5.32 Å². The summed E-state index contributed by atoms with van der Waals surface area (Å²) in [5.41, 5.74) is 1.05.